The highest BCUT2D eigenvalue weighted by atomic mass is 16.5. The summed E-state index contributed by atoms with van der Waals surface area (Å²) in [5.41, 5.74) is 1.15. The van der Waals surface area contributed by atoms with Gasteiger partial charge in [0.1, 0.15) is 17.1 Å². The van der Waals surface area contributed by atoms with Gasteiger partial charge >= 0.3 is 5.97 Å². The van der Waals surface area contributed by atoms with Crippen LogP contribution in [0, 0.1) is 0 Å². The number of carbonyl (C=O) groups excluding carboxylic acids is 2. The fourth-order valence-corrected chi connectivity index (χ4v) is 2.20. The van der Waals surface area contributed by atoms with Crippen molar-refractivity contribution in [2.75, 3.05) is 7.11 Å². The fraction of sp³-hybridized carbons (Fsp3) is 0.222. The van der Waals surface area contributed by atoms with E-state index in [1.54, 1.807) is 12.1 Å². The molecule has 0 aliphatic heterocycles. The molecule has 0 saturated heterocycles. The number of aromatic hydroxyl groups is 2. The molecule has 2 aromatic rings. The fourth-order valence-electron chi connectivity index (χ4n) is 2.20. The number of phenolic OH excluding ortho intramolecular Hbond substituents is 2. The van der Waals surface area contributed by atoms with Crippen LogP contribution in [0.3, 0.4) is 0 Å². The van der Waals surface area contributed by atoms with Gasteiger partial charge in [0.05, 0.1) is 12.7 Å². The predicted molar refractivity (Wildman–Crippen MR) is 85.1 cm³/mol. The smallest absolute Gasteiger partial charge is 0.341 e. The molecule has 0 heterocycles. The summed E-state index contributed by atoms with van der Waals surface area (Å²) in [5, 5.41) is 19.7. The number of hydrogen-bond acceptors (Lipinski definition) is 5. The van der Waals surface area contributed by atoms with Crippen LogP contribution in [-0.4, -0.2) is 29.1 Å². The van der Waals surface area contributed by atoms with Gasteiger partial charge in [-0.25, -0.2) is 4.79 Å². The maximum atomic E-state index is 12.6. The monoisotopic (exact) mass is 314 g/mol. The number of methoxy groups -OCH3 is 1. The average molecular weight is 314 g/mol. The van der Waals surface area contributed by atoms with E-state index in [1.165, 1.54) is 31.4 Å². The number of phenols is 2. The summed E-state index contributed by atoms with van der Waals surface area (Å²) in [4.78, 5) is 24.2. The summed E-state index contributed by atoms with van der Waals surface area (Å²) < 4.78 is 4.57. The van der Waals surface area contributed by atoms with Crippen LogP contribution in [0.25, 0.3) is 0 Å². The van der Waals surface area contributed by atoms with E-state index in [0.717, 1.165) is 5.56 Å². The number of ether oxygens (including phenoxy) is 1. The first-order chi connectivity index (χ1) is 10.8. The normalized spacial score (nSPS) is 10.6. The topological polar surface area (TPSA) is 83.8 Å². The van der Waals surface area contributed by atoms with Gasteiger partial charge in [-0.15, -0.1) is 0 Å². The van der Waals surface area contributed by atoms with E-state index in [-0.39, 0.29) is 34.1 Å². The quantitative estimate of drug-likeness (QED) is 0.668. The lowest BCUT2D eigenvalue weighted by Gasteiger charge is -2.10. The summed E-state index contributed by atoms with van der Waals surface area (Å²) in [6, 6.07) is 8.77. The van der Waals surface area contributed by atoms with E-state index >= 15 is 0 Å². The summed E-state index contributed by atoms with van der Waals surface area (Å²) in [5.74, 6) is -1.37. The van der Waals surface area contributed by atoms with E-state index in [9.17, 15) is 19.8 Å². The van der Waals surface area contributed by atoms with Crippen molar-refractivity contribution in [1.82, 2.24) is 0 Å². The molecule has 0 spiro atoms. The molecule has 0 unspecified atom stereocenters. The third-order valence-electron chi connectivity index (χ3n) is 3.60. The lowest BCUT2D eigenvalue weighted by atomic mass is 9.95. The van der Waals surface area contributed by atoms with E-state index in [0.29, 0.717) is 0 Å². The number of carbonyl (C=O) groups is 2. The van der Waals surface area contributed by atoms with Crippen LogP contribution in [0.5, 0.6) is 11.5 Å². The molecule has 2 N–H and O–H groups in total. The summed E-state index contributed by atoms with van der Waals surface area (Å²) in [6.45, 7) is 3.97. The first-order valence-corrected chi connectivity index (χ1v) is 7.14. The van der Waals surface area contributed by atoms with Crippen molar-refractivity contribution in [2.24, 2.45) is 0 Å². The van der Waals surface area contributed by atoms with Crippen LogP contribution in [0.2, 0.25) is 0 Å². The molecule has 0 aromatic heterocycles. The van der Waals surface area contributed by atoms with Gasteiger partial charge < -0.3 is 14.9 Å². The zero-order valence-corrected chi connectivity index (χ0v) is 13.2. The largest absolute Gasteiger partial charge is 0.507 e. The summed E-state index contributed by atoms with van der Waals surface area (Å²) >= 11 is 0. The van der Waals surface area contributed by atoms with Crippen molar-refractivity contribution < 1.29 is 24.5 Å². The maximum absolute atomic E-state index is 12.6. The van der Waals surface area contributed by atoms with Crippen molar-refractivity contribution in [2.45, 2.75) is 19.8 Å². The molecule has 23 heavy (non-hydrogen) atoms. The predicted octanol–water partition coefficient (Wildman–Crippen LogP) is 3.24. The molecule has 0 aliphatic carbocycles. The Labute approximate surface area is 134 Å². The first kappa shape index (κ1) is 16.5. The SMILES string of the molecule is COC(=O)c1cc(C(=O)c2cc(C(C)C)ccc2O)ccc1O. The van der Waals surface area contributed by atoms with Crippen LogP contribution in [0.15, 0.2) is 36.4 Å². The van der Waals surface area contributed by atoms with Crippen molar-refractivity contribution >= 4 is 11.8 Å². The number of ketones is 1. The Balaban J connectivity index is 2.49. The minimum atomic E-state index is -0.739. The highest BCUT2D eigenvalue weighted by molar-refractivity contribution is 6.11. The highest BCUT2D eigenvalue weighted by Crippen LogP contribution is 2.27. The van der Waals surface area contributed by atoms with Gasteiger partial charge in [0.2, 0.25) is 0 Å². The second-order valence-electron chi connectivity index (χ2n) is 5.48. The lowest BCUT2D eigenvalue weighted by molar-refractivity contribution is 0.0597. The Hall–Kier alpha value is -2.82. The number of esters is 1. The zero-order valence-electron chi connectivity index (χ0n) is 13.2. The molecule has 0 amide bonds. The average Bonchev–Trinajstić information content (AvgIpc) is 2.54. The molecule has 0 atom stereocenters. The molecule has 0 fully saturated rings. The molecule has 0 saturated carbocycles. The van der Waals surface area contributed by atoms with Crippen LogP contribution in [0.1, 0.15) is 51.6 Å². The molecule has 5 heteroatoms. The Morgan fingerprint density at radius 1 is 0.957 bits per heavy atom. The van der Waals surface area contributed by atoms with Gasteiger partial charge in [-0.2, -0.15) is 0 Å². The van der Waals surface area contributed by atoms with Gasteiger partial charge in [-0.05, 0) is 41.8 Å². The van der Waals surface area contributed by atoms with E-state index in [2.05, 4.69) is 4.74 Å². The van der Waals surface area contributed by atoms with Crippen molar-refractivity contribution in [1.29, 1.82) is 0 Å². The number of rotatable bonds is 4. The van der Waals surface area contributed by atoms with Crippen molar-refractivity contribution in [3.8, 4) is 11.5 Å². The molecule has 2 aromatic carbocycles. The minimum Gasteiger partial charge on any atom is -0.507 e. The number of hydrogen-bond donors (Lipinski definition) is 2. The molecule has 0 aliphatic rings. The van der Waals surface area contributed by atoms with E-state index in [1.807, 2.05) is 13.8 Å². The highest BCUT2D eigenvalue weighted by Gasteiger charge is 2.19. The molecular weight excluding hydrogens is 296 g/mol. The van der Waals surface area contributed by atoms with Gasteiger partial charge in [0.15, 0.2) is 5.78 Å². The van der Waals surface area contributed by atoms with Crippen molar-refractivity contribution in [3.63, 3.8) is 0 Å². The Morgan fingerprint density at radius 2 is 1.57 bits per heavy atom. The third-order valence-corrected chi connectivity index (χ3v) is 3.60. The van der Waals surface area contributed by atoms with Gasteiger partial charge in [0.25, 0.3) is 0 Å². The number of benzene rings is 2. The van der Waals surface area contributed by atoms with Crippen LogP contribution in [0.4, 0.5) is 0 Å². The van der Waals surface area contributed by atoms with E-state index < -0.39 is 11.8 Å². The van der Waals surface area contributed by atoms with E-state index in [4.69, 9.17) is 0 Å². The summed E-state index contributed by atoms with van der Waals surface area (Å²) in [6.07, 6.45) is 0. The van der Waals surface area contributed by atoms with Crippen LogP contribution < -0.4 is 0 Å². The van der Waals surface area contributed by atoms with Gasteiger partial charge in [-0.3, -0.25) is 4.79 Å². The lowest BCUT2D eigenvalue weighted by Crippen LogP contribution is -2.07. The third kappa shape index (κ3) is 3.34. The maximum Gasteiger partial charge on any atom is 0.341 e. The van der Waals surface area contributed by atoms with Crippen LogP contribution in [-0.2, 0) is 4.74 Å². The second-order valence-corrected chi connectivity index (χ2v) is 5.48. The molecule has 0 bridgehead atoms. The zero-order chi connectivity index (χ0) is 17.1. The van der Waals surface area contributed by atoms with Gasteiger partial charge in [-0.1, -0.05) is 19.9 Å². The standard InChI is InChI=1S/C18H18O5/c1-10(2)11-4-6-15(19)13(8-11)17(21)12-5-7-16(20)14(9-12)18(22)23-3/h4-10,19-20H,1-3H3. The Morgan fingerprint density at radius 3 is 2.17 bits per heavy atom. The first-order valence-electron chi connectivity index (χ1n) is 7.14. The Bertz CT molecular complexity index is 762. The molecule has 2 rings (SSSR count). The molecule has 120 valence electrons. The minimum absolute atomic E-state index is 0.0992. The molecule has 0 radical (unpaired) electrons. The van der Waals surface area contributed by atoms with Crippen molar-refractivity contribution in [3.05, 3.63) is 58.7 Å². The second kappa shape index (κ2) is 6.52. The molecule has 5 nitrogen and oxygen atoms in total. The molecular formula is C18H18O5. The summed E-state index contributed by atoms with van der Waals surface area (Å²) in [7, 11) is 1.19. The van der Waals surface area contributed by atoms with Crippen LogP contribution >= 0.6 is 0 Å². The van der Waals surface area contributed by atoms with Gasteiger partial charge in [0, 0.05) is 5.56 Å². The Kier molecular flexibility index (Phi) is 4.69.